The Labute approximate surface area is 163 Å². The molecule has 2 nitrogen and oxygen atoms in total. The lowest BCUT2D eigenvalue weighted by Crippen LogP contribution is -2.23. The summed E-state index contributed by atoms with van der Waals surface area (Å²) in [7, 11) is 0. The third-order valence-electron chi connectivity index (χ3n) is 6.26. The molecule has 0 aromatic heterocycles. The van der Waals surface area contributed by atoms with Crippen molar-refractivity contribution in [3.63, 3.8) is 0 Å². The van der Waals surface area contributed by atoms with E-state index in [1.807, 2.05) is 6.08 Å². The van der Waals surface area contributed by atoms with Gasteiger partial charge in [0.05, 0.1) is 24.4 Å². The SMILES string of the molecule is C=CC(CCC[C@@H](C)OC1CCCCCCC1)OC1CCCCCCC1. The fourth-order valence-corrected chi connectivity index (χ4v) is 4.60. The van der Waals surface area contributed by atoms with E-state index in [2.05, 4.69) is 13.5 Å². The Hall–Kier alpha value is -0.340. The molecule has 2 aliphatic rings. The summed E-state index contributed by atoms with van der Waals surface area (Å²) in [6, 6.07) is 0. The van der Waals surface area contributed by atoms with Crippen LogP contribution in [0.3, 0.4) is 0 Å². The largest absolute Gasteiger partial charge is 0.375 e. The van der Waals surface area contributed by atoms with Crippen LogP contribution in [0.5, 0.6) is 0 Å². The van der Waals surface area contributed by atoms with Gasteiger partial charge in [0, 0.05) is 0 Å². The zero-order valence-corrected chi connectivity index (χ0v) is 17.4. The predicted molar refractivity (Wildman–Crippen MR) is 112 cm³/mol. The molecule has 2 rings (SSSR count). The van der Waals surface area contributed by atoms with Crippen molar-refractivity contribution in [1.29, 1.82) is 0 Å². The van der Waals surface area contributed by atoms with Crippen molar-refractivity contribution < 1.29 is 9.47 Å². The van der Waals surface area contributed by atoms with Crippen LogP contribution in [0.1, 0.15) is 116 Å². The minimum Gasteiger partial charge on any atom is -0.375 e. The van der Waals surface area contributed by atoms with E-state index in [1.165, 1.54) is 96.3 Å². The first kappa shape index (κ1) is 22.0. The molecule has 2 atom stereocenters. The smallest absolute Gasteiger partial charge is 0.0757 e. The number of hydrogen-bond acceptors (Lipinski definition) is 2. The zero-order valence-electron chi connectivity index (χ0n) is 17.4. The number of rotatable bonds is 9. The third kappa shape index (κ3) is 9.55. The molecule has 2 heteroatoms. The summed E-state index contributed by atoms with van der Waals surface area (Å²) in [5, 5.41) is 0. The van der Waals surface area contributed by atoms with Crippen LogP contribution in [0.25, 0.3) is 0 Å². The molecule has 0 saturated heterocycles. The summed E-state index contributed by atoms with van der Waals surface area (Å²) in [5.74, 6) is 0. The molecule has 1 unspecified atom stereocenters. The lowest BCUT2D eigenvalue weighted by molar-refractivity contribution is -0.0266. The summed E-state index contributed by atoms with van der Waals surface area (Å²) in [5.41, 5.74) is 0. The van der Waals surface area contributed by atoms with Gasteiger partial charge in [-0.05, 0) is 51.9 Å². The molecule has 2 saturated carbocycles. The van der Waals surface area contributed by atoms with Gasteiger partial charge < -0.3 is 9.47 Å². The summed E-state index contributed by atoms with van der Waals surface area (Å²) < 4.78 is 12.7. The van der Waals surface area contributed by atoms with Crippen LogP contribution in [-0.2, 0) is 9.47 Å². The zero-order chi connectivity index (χ0) is 18.5. The molecule has 0 N–H and O–H groups in total. The second-order valence-corrected chi connectivity index (χ2v) is 8.72. The fraction of sp³-hybridized carbons (Fsp3) is 0.917. The van der Waals surface area contributed by atoms with Crippen LogP contribution in [0.4, 0.5) is 0 Å². The van der Waals surface area contributed by atoms with E-state index in [1.54, 1.807) is 0 Å². The first-order valence-electron chi connectivity index (χ1n) is 11.7. The summed E-state index contributed by atoms with van der Waals surface area (Å²) in [6.45, 7) is 6.28. The minimum atomic E-state index is 0.230. The fourth-order valence-electron chi connectivity index (χ4n) is 4.60. The Bertz CT molecular complexity index is 338. The highest BCUT2D eigenvalue weighted by molar-refractivity contribution is 4.82. The molecule has 0 aromatic rings. The molecular weight excluding hydrogens is 320 g/mol. The van der Waals surface area contributed by atoms with Crippen molar-refractivity contribution in [2.45, 2.75) is 140 Å². The van der Waals surface area contributed by atoms with Gasteiger partial charge >= 0.3 is 0 Å². The van der Waals surface area contributed by atoms with Crippen LogP contribution >= 0.6 is 0 Å². The molecule has 2 fully saturated rings. The molecule has 0 aromatic carbocycles. The van der Waals surface area contributed by atoms with E-state index in [-0.39, 0.29) is 6.10 Å². The van der Waals surface area contributed by atoms with E-state index in [4.69, 9.17) is 9.47 Å². The Morgan fingerprint density at radius 3 is 1.69 bits per heavy atom. The number of ether oxygens (including phenoxy) is 2. The Kier molecular flexibility index (Phi) is 11.6. The molecular formula is C24H44O2. The van der Waals surface area contributed by atoms with Crippen molar-refractivity contribution >= 4 is 0 Å². The van der Waals surface area contributed by atoms with Gasteiger partial charge in [-0.2, -0.15) is 0 Å². The van der Waals surface area contributed by atoms with E-state index in [0.29, 0.717) is 18.3 Å². The van der Waals surface area contributed by atoms with Gasteiger partial charge in [-0.25, -0.2) is 0 Å². The van der Waals surface area contributed by atoms with Gasteiger partial charge in [-0.1, -0.05) is 70.3 Å². The molecule has 0 amide bonds. The molecule has 152 valence electrons. The molecule has 0 spiro atoms. The van der Waals surface area contributed by atoms with Gasteiger partial charge in [0.2, 0.25) is 0 Å². The van der Waals surface area contributed by atoms with Crippen LogP contribution in [0.15, 0.2) is 12.7 Å². The van der Waals surface area contributed by atoms with Gasteiger partial charge in [0.1, 0.15) is 0 Å². The van der Waals surface area contributed by atoms with E-state index < -0.39 is 0 Å². The highest BCUT2D eigenvalue weighted by Crippen LogP contribution is 2.24. The van der Waals surface area contributed by atoms with Gasteiger partial charge in [0.15, 0.2) is 0 Å². The Morgan fingerprint density at radius 1 is 0.731 bits per heavy atom. The molecule has 0 aliphatic heterocycles. The third-order valence-corrected chi connectivity index (χ3v) is 6.26. The maximum Gasteiger partial charge on any atom is 0.0757 e. The second-order valence-electron chi connectivity index (χ2n) is 8.72. The lowest BCUT2D eigenvalue weighted by atomic mass is 9.98. The average Bonchev–Trinajstić information content (AvgIpc) is 2.58. The van der Waals surface area contributed by atoms with Gasteiger partial charge in [-0.3, -0.25) is 0 Å². The number of hydrogen-bond donors (Lipinski definition) is 0. The topological polar surface area (TPSA) is 18.5 Å². The first-order valence-corrected chi connectivity index (χ1v) is 11.7. The standard InChI is InChI=1S/C24H44O2/c1-3-22(26-24-18-12-8-5-9-13-19-24)20-14-15-21(2)25-23-16-10-6-4-7-11-17-23/h3,21-24H,1,4-20H2,2H3/t21-,22?/m1/s1. The van der Waals surface area contributed by atoms with Crippen LogP contribution < -0.4 is 0 Å². The summed E-state index contributed by atoms with van der Waals surface area (Å²) in [4.78, 5) is 0. The van der Waals surface area contributed by atoms with Crippen molar-refractivity contribution in [2.24, 2.45) is 0 Å². The van der Waals surface area contributed by atoms with E-state index in [9.17, 15) is 0 Å². The highest BCUT2D eigenvalue weighted by Gasteiger charge is 2.18. The molecule has 0 bridgehead atoms. The highest BCUT2D eigenvalue weighted by atomic mass is 16.5. The van der Waals surface area contributed by atoms with E-state index >= 15 is 0 Å². The molecule has 2 aliphatic carbocycles. The molecule has 26 heavy (non-hydrogen) atoms. The quantitative estimate of drug-likeness (QED) is 0.398. The van der Waals surface area contributed by atoms with Crippen molar-refractivity contribution in [2.75, 3.05) is 0 Å². The van der Waals surface area contributed by atoms with Crippen LogP contribution in [-0.4, -0.2) is 24.4 Å². The van der Waals surface area contributed by atoms with Gasteiger partial charge in [-0.15, -0.1) is 6.58 Å². The average molecular weight is 365 g/mol. The lowest BCUT2D eigenvalue weighted by Gasteiger charge is -2.26. The summed E-state index contributed by atoms with van der Waals surface area (Å²) >= 11 is 0. The second kappa shape index (κ2) is 13.8. The van der Waals surface area contributed by atoms with Gasteiger partial charge in [0.25, 0.3) is 0 Å². The molecule has 0 radical (unpaired) electrons. The summed E-state index contributed by atoms with van der Waals surface area (Å²) in [6.07, 6.45) is 25.8. The minimum absolute atomic E-state index is 0.230. The van der Waals surface area contributed by atoms with Crippen molar-refractivity contribution in [3.8, 4) is 0 Å². The van der Waals surface area contributed by atoms with E-state index in [0.717, 1.165) is 12.8 Å². The monoisotopic (exact) mass is 364 g/mol. The predicted octanol–water partition coefficient (Wildman–Crippen LogP) is 7.36. The molecule has 0 heterocycles. The normalized spacial score (nSPS) is 24.0. The maximum absolute atomic E-state index is 6.38. The Balaban J connectivity index is 1.61. The van der Waals surface area contributed by atoms with Crippen molar-refractivity contribution in [1.82, 2.24) is 0 Å². The maximum atomic E-state index is 6.38. The van der Waals surface area contributed by atoms with Crippen LogP contribution in [0, 0.1) is 0 Å². The Morgan fingerprint density at radius 2 is 1.19 bits per heavy atom. The first-order chi connectivity index (χ1) is 12.8. The van der Waals surface area contributed by atoms with Crippen LogP contribution in [0.2, 0.25) is 0 Å². The van der Waals surface area contributed by atoms with Crippen molar-refractivity contribution in [3.05, 3.63) is 12.7 Å².